The van der Waals surface area contributed by atoms with Crippen molar-refractivity contribution in [2.24, 2.45) is 0 Å². The Labute approximate surface area is 130 Å². The smallest absolute Gasteiger partial charge is 0.254 e. The Morgan fingerprint density at radius 2 is 1.86 bits per heavy atom. The highest BCUT2D eigenvalue weighted by atomic mass is 32.2. The summed E-state index contributed by atoms with van der Waals surface area (Å²) in [6, 6.07) is 5.60. The zero-order chi connectivity index (χ0) is 16.2. The molecule has 0 atom stereocenters. The molecule has 0 unspecified atom stereocenters. The summed E-state index contributed by atoms with van der Waals surface area (Å²) in [5.41, 5.74) is -0.0838. The average Bonchev–Trinajstić information content (AvgIpc) is 2.48. The van der Waals surface area contributed by atoms with Crippen LogP contribution in [0.3, 0.4) is 0 Å². The third-order valence-corrected chi connectivity index (χ3v) is 5.49. The van der Waals surface area contributed by atoms with E-state index in [1.54, 1.807) is 6.07 Å². The second-order valence-electron chi connectivity index (χ2n) is 5.25. The van der Waals surface area contributed by atoms with Crippen LogP contribution in [-0.4, -0.2) is 69.1 Å². The normalized spacial score (nSPS) is 17.4. The average molecular weight is 329 g/mol. The number of benzene rings is 1. The van der Waals surface area contributed by atoms with E-state index in [4.69, 9.17) is 0 Å². The molecule has 0 aliphatic carbocycles. The first-order chi connectivity index (χ1) is 10.4. The van der Waals surface area contributed by atoms with Crippen LogP contribution in [-0.2, 0) is 10.0 Å². The van der Waals surface area contributed by atoms with Gasteiger partial charge in [0.1, 0.15) is 5.82 Å². The van der Waals surface area contributed by atoms with Crippen molar-refractivity contribution in [2.75, 3.05) is 45.5 Å². The molecule has 6 nitrogen and oxygen atoms in total. The van der Waals surface area contributed by atoms with E-state index >= 15 is 0 Å². The van der Waals surface area contributed by atoms with Crippen molar-refractivity contribution in [1.29, 1.82) is 0 Å². The summed E-state index contributed by atoms with van der Waals surface area (Å²) in [5.74, 6) is -1.41. The van der Waals surface area contributed by atoms with Gasteiger partial charge in [0.2, 0.25) is 10.0 Å². The molecule has 1 aliphatic rings. The molecule has 2 rings (SSSR count). The van der Waals surface area contributed by atoms with E-state index in [-0.39, 0.29) is 17.9 Å². The van der Waals surface area contributed by atoms with Crippen LogP contribution < -0.4 is 5.32 Å². The van der Waals surface area contributed by atoms with Crippen molar-refractivity contribution in [2.45, 2.75) is 0 Å². The van der Waals surface area contributed by atoms with Crippen LogP contribution >= 0.6 is 0 Å². The molecule has 1 N–H and O–H groups in total. The van der Waals surface area contributed by atoms with Crippen molar-refractivity contribution in [3.63, 3.8) is 0 Å². The highest BCUT2D eigenvalue weighted by molar-refractivity contribution is 7.89. The maximum absolute atomic E-state index is 13.4. The van der Waals surface area contributed by atoms with E-state index in [0.29, 0.717) is 26.2 Å². The van der Waals surface area contributed by atoms with Gasteiger partial charge in [0, 0.05) is 32.7 Å². The Bertz CT molecular complexity index is 628. The molecule has 0 spiro atoms. The predicted molar refractivity (Wildman–Crippen MR) is 81.6 cm³/mol. The molecule has 0 aromatic heterocycles. The fraction of sp³-hybridized carbons (Fsp3) is 0.500. The van der Waals surface area contributed by atoms with Crippen molar-refractivity contribution in [3.05, 3.63) is 35.6 Å². The summed E-state index contributed by atoms with van der Waals surface area (Å²) in [6.07, 6.45) is 0. The summed E-state index contributed by atoms with van der Waals surface area (Å²) in [5, 5.41) is 2.45. The van der Waals surface area contributed by atoms with Crippen LogP contribution in [0, 0.1) is 5.82 Å². The molecule has 0 bridgehead atoms. The number of nitrogens with one attached hydrogen (secondary N) is 1. The van der Waals surface area contributed by atoms with Gasteiger partial charge in [0.05, 0.1) is 11.3 Å². The van der Waals surface area contributed by atoms with Crippen LogP contribution in [0.15, 0.2) is 24.3 Å². The number of rotatable bonds is 5. The minimum Gasteiger partial charge on any atom is -0.351 e. The molecular weight excluding hydrogens is 309 g/mol. The van der Waals surface area contributed by atoms with E-state index in [9.17, 15) is 17.6 Å². The molecule has 1 amide bonds. The molecule has 1 aromatic rings. The third kappa shape index (κ3) is 4.25. The third-order valence-electron chi connectivity index (χ3n) is 3.62. The quantitative estimate of drug-likeness (QED) is 0.834. The van der Waals surface area contributed by atoms with Gasteiger partial charge in [-0.25, -0.2) is 12.8 Å². The highest BCUT2D eigenvalue weighted by Gasteiger charge is 2.25. The van der Waals surface area contributed by atoms with E-state index < -0.39 is 21.7 Å². The topological polar surface area (TPSA) is 69.7 Å². The highest BCUT2D eigenvalue weighted by Crippen LogP contribution is 2.08. The molecule has 22 heavy (non-hydrogen) atoms. The van der Waals surface area contributed by atoms with Gasteiger partial charge in [-0.3, -0.25) is 4.79 Å². The number of carbonyl (C=O) groups is 1. The number of piperazine rings is 1. The maximum atomic E-state index is 13.4. The SMILES string of the molecule is CN1CCN(S(=O)(=O)CCNC(=O)c2ccccc2F)CC1. The first kappa shape index (κ1) is 16.9. The number of likely N-dealkylation sites (N-methyl/N-ethyl adjacent to an activating group) is 1. The number of halogens is 1. The summed E-state index contributed by atoms with van der Waals surface area (Å²) < 4.78 is 39.2. The van der Waals surface area contributed by atoms with Gasteiger partial charge in [-0.15, -0.1) is 0 Å². The molecule has 0 radical (unpaired) electrons. The van der Waals surface area contributed by atoms with Crippen LogP contribution in [0.2, 0.25) is 0 Å². The predicted octanol–water partition coefficient (Wildman–Crippen LogP) is 0.133. The Balaban J connectivity index is 1.85. The van der Waals surface area contributed by atoms with Gasteiger partial charge < -0.3 is 10.2 Å². The zero-order valence-electron chi connectivity index (χ0n) is 12.5. The number of sulfonamides is 1. The molecule has 122 valence electrons. The van der Waals surface area contributed by atoms with Crippen molar-refractivity contribution in [3.8, 4) is 0 Å². The lowest BCUT2D eigenvalue weighted by molar-refractivity contribution is 0.0952. The number of hydrogen-bond acceptors (Lipinski definition) is 4. The summed E-state index contributed by atoms with van der Waals surface area (Å²) in [7, 11) is -1.45. The van der Waals surface area contributed by atoms with E-state index in [2.05, 4.69) is 10.2 Å². The number of nitrogens with zero attached hydrogens (tertiary/aromatic N) is 2. The fourth-order valence-electron chi connectivity index (χ4n) is 2.23. The number of amides is 1. The maximum Gasteiger partial charge on any atom is 0.254 e. The summed E-state index contributed by atoms with van der Waals surface area (Å²) in [4.78, 5) is 13.9. The van der Waals surface area contributed by atoms with E-state index in [1.165, 1.54) is 22.5 Å². The molecule has 0 saturated carbocycles. The van der Waals surface area contributed by atoms with Crippen molar-refractivity contribution >= 4 is 15.9 Å². The lowest BCUT2D eigenvalue weighted by Crippen LogP contribution is -2.48. The fourth-order valence-corrected chi connectivity index (χ4v) is 3.57. The minimum absolute atomic E-state index is 0.0398. The second-order valence-corrected chi connectivity index (χ2v) is 7.34. The summed E-state index contributed by atoms with van der Waals surface area (Å²) in [6.45, 7) is 2.27. The lowest BCUT2D eigenvalue weighted by atomic mass is 10.2. The van der Waals surface area contributed by atoms with Crippen LogP contribution in [0.1, 0.15) is 10.4 Å². The van der Waals surface area contributed by atoms with Crippen molar-refractivity contribution < 1.29 is 17.6 Å². The van der Waals surface area contributed by atoms with Gasteiger partial charge in [0.25, 0.3) is 5.91 Å². The van der Waals surface area contributed by atoms with Crippen LogP contribution in [0.25, 0.3) is 0 Å². The van der Waals surface area contributed by atoms with E-state index in [1.807, 2.05) is 7.05 Å². The van der Waals surface area contributed by atoms with Crippen molar-refractivity contribution in [1.82, 2.24) is 14.5 Å². The van der Waals surface area contributed by atoms with Gasteiger partial charge in [-0.1, -0.05) is 12.1 Å². The lowest BCUT2D eigenvalue weighted by Gasteiger charge is -2.31. The number of carbonyl (C=O) groups excluding carboxylic acids is 1. The Kier molecular flexibility index (Phi) is 5.49. The molecular formula is C14H20FN3O3S. The van der Waals surface area contributed by atoms with E-state index in [0.717, 1.165) is 0 Å². The molecule has 1 aromatic carbocycles. The Morgan fingerprint density at radius 3 is 2.50 bits per heavy atom. The van der Waals surface area contributed by atoms with Gasteiger partial charge in [0.15, 0.2) is 0 Å². The van der Waals surface area contributed by atoms with Gasteiger partial charge in [-0.2, -0.15) is 4.31 Å². The Hall–Kier alpha value is -1.51. The van der Waals surface area contributed by atoms with Crippen LogP contribution in [0.5, 0.6) is 0 Å². The summed E-state index contributed by atoms with van der Waals surface area (Å²) >= 11 is 0. The molecule has 1 aliphatic heterocycles. The standard InChI is InChI=1S/C14H20FN3O3S/c1-17-7-9-18(10-8-17)22(20,21)11-6-16-14(19)12-4-2-3-5-13(12)15/h2-5H,6-11H2,1H3,(H,16,19). The molecule has 1 heterocycles. The molecule has 1 saturated heterocycles. The minimum atomic E-state index is -3.40. The largest absolute Gasteiger partial charge is 0.351 e. The number of hydrogen-bond donors (Lipinski definition) is 1. The monoisotopic (exact) mass is 329 g/mol. The first-order valence-electron chi connectivity index (χ1n) is 7.09. The van der Waals surface area contributed by atoms with Gasteiger partial charge >= 0.3 is 0 Å². The zero-order valence-corrected chi connectivity index (χ0v) is 13.3. The van der Waals surface area contributed by atoms with Crippen LogP contribution in [0.4, 0.5) is 4.39 Å². The molecule has 8 heteroatoms. The molecule has 1 fully saturated rings. The van der Waals surface area contributed by atoms with Gasteiger partial charge in [-0.05, 0) is 19.2 Å². The first-order valence-corrected chi connectivity index (χ1v) is 8.70. The second kappa shape index (κ2) is 7.17. The Morgan fingerprint density at radius 1 is 1.23 bits per heavy atom.